The quantitative estimate of drug-likeness (QED) is 0.245. The van der Waals surface area contributed by atoms with Gasteiger partial charge in [0.25, 0.3) is 11.8 Å². The molecule has 0 bridgehead atoms. The molecule has 3 amide bonds. The summed E-state index contributed by atoms with van der Waals surface area (Å²) in [7, 11) is 0. The van der Waals surface area contributed by atoms with E-state index in [1.807, 2.05) is 47.4 Å². The fourth-order valence-corrected chi connectivity index (χ4v) is 5.95. The summed E-state index contributed by atoms with van der Waals surface area (Å²) in [5.41, 5.74) is 5.20. The van der Waals surface area contributed by atoms with Gasteiger partial charge in [0.15, 0.2) is 5.69 Å². The van der Waals surface area contributed by atoms with E-state index in [1.165, 1.54) is 17.5 Å². The van der Waals surface area contributed by atoms with Gasteiger partial charge in [0.2, 0.25) is 11.8 Å². The van der Waals surface area contributed by atoms with Crippen molar-refractivity contribution in [1.29, 1.82) is 0 Å². The van der Waals surface area contributed by atoms with Gasteiger partial charge in [0.05, 0.1) is 11.4 Å². The number of aryl methyl sites for hydroxylation is 1. The number of nitrogens with zero attached hydrogens (tertiary/aromatic N) is 4. The molecule has 1 aromatic heterocycles. The summed E-state index contributed by atoms with van der Waals surface area (Å²) in [6.07, 6.45) is 3.53. The van der Waals surface area contributed by atoms with Crippen molar-refractivity contribution in [3.63, 3.8) is 0 Å². The molecule has 3 aromatic carbocycles. The van der Waals surface area contributed by atoms with Crippen molar-refractivity contribution in [2.24, 2.45) is 0 Å². The van der Waals surface area contributed by atoms with Gasteiger partial charge in [-0.1, -0.05) is 36.4 Å². The second-order valence-corrected chi connectivity index (χ2v) is 11.4. The minimum atomic E-state index is -0.423. The summed E-state index contributed by atoms with van der Waals surface area (Å²) in [6, 6.07) is 23.2. The summed E-state index contributed by atoms with van der Waals surface area (Å²) in [5, 5.41) is 5.97. The maximum absolute atomic E-state index is 13.4. The lowest BCUT2D eigenvalue weighted by molar-refractivity contribution is -0.127. The van der Waals surface area contributed by atoms with E-state index in [9.17, 15) is 14.4 Å². The Hall–Kier alpha value is -5.12. The second-order valence-electron chi connectivity index (χ2n) is 11.4. The smallest absolute Gasteiger partial charge is 0.277 e. The molecule has 6 rings (SSSR count). The standard InChI is InChI=1S/C35H38N6O4/c1-25-9-5-6-12-30(25)39-19-21-40(22-20-39)31-15-14-27(33(43)36-16-8-18-41-17-7-13-32(41)42)23-28(31)37-34(44)29-24-45-35(38-29)26-10-3-2-4-11-26/h2-6,9-12,14-15,23-24H,7-8,13,16-22H2,1H3,(H,36,43)(H,37,44). The molecule has 0 aliphatic carbocycles. The highest BCUT2D eigenvalue weighted by molar-refractivity contribution is 6.06. The first-order valence-corrected chi connectivity index (χ1v) is 15.5. The molecule has 0 saturated carbocycles. The Balaban J connectivity index is 1.17. The van der Waals surface area contributed by atoms with E-state index in [0.29, 0.717) is 43.1 Å². The van der Waals surface area contributed by atoms with Crippen molar-refractivity contribution in [1.82, 2.24) is 15.2 Å². The maximum atomic E-state index is 13.4. The number of hydrogen-bond donors (Lipinski definition) is 2. The average molecular weight is 607 g/mol. The van der Waals surface area contributed by atoms with E-state index in [0.717, 1.165) is 50.4 Å². The Kier molecular flexibility index (Phi) is 9.09. The highest BCUT2D eigenvalue weighted by Crippen LogP contribution is 2.31. The first-order chi connectivity index (χ1) is 22.0. The van der Waals surface area contributed by atoms with Crippen LogP contribution in [0.5, 0.6) is 0 Å². The van der Waals surface area contributed by atoms with Crippen LogP contribution in [0.2, 0.25) is 0 Å². The minimum Gasteiger partial charge on any atom is -0.444 e. The van der Waals surface area contributed by atoms with Crippen molar-refractivity contribution in [2.75, 3.05) is 60.9 Å². The molecule has 2 saturated heterocycles. The zero-order chi connectivity index (χ0) is 31.2. The number of oxazole rings is 1. The maximum Gasteiger partial charge on any atom is 0.277 e. The molecule has 4 aromatic rings. The van der Waals surface area contributed by atoms with Crippen LogP contribution < -0.4 is 20.4 Å². The summed E-state index contributed by atoms with van der Waals surface area (Å²) in [6.45, 7) is 7.14. The number of benzene rings is 3. The summed E-state index contributed by atoms with van der Waals surface area (Å²) in [5.74, 6) is -0.118. The Morgan fingerprint density at radius 2 is 1.60 bits per heavy atom. The van der Waals surface area contributed by atoms with Gasteiger partial charge in [-0.3, -0.25) is 14.4 Å². The molecule has 3 heterocycles. The predicted molar refractivity (Wildman–Crippen MR) is 175 cm³/mol. The first-order valence-electron chi connectivity index (χ1n) is 15.5. The van der Waals surface area contributed by atoms with Crippen molar-refractivity contribution >= 4 is 34.8 Å². The molecule has 232 valence electrons. The van der Waals surface area contributed by atoms with Gasteiger partial charge in [-0.25, -0.2) is 4.98 Å². The third kappa shape index (κ3) is 7.01. The Morgan fingerprint density at radius 3 is 2.33 bits per heavy atom. The van der Waals surface area contributed by atoms with Crippen molar-refractivity contribution < 1.29 is 18.8 Å². The van der Waals surface area contributed by atoms with Gasteiger partial charge >= 0.3 is 0 Å². The molecule has 10 heteroatoms. The first kappa shape index (κ1) is 29.9. The van der Waals surface area contributed by atoms with E-state index in [4.69, 9.17) is 4.42 Å². The van der Waals surface area contributed by atoms with Gasteiger partial charge < -0.3 is 29.8 Å². The minimum absolute atomic E-state index is 0.149. The highest BCUT2D eigenvalue weighted by Gasteiger charge is 2.24. The zero-order valence-corrected chi connectivity index (χ0v) is 25.5. The zero-order valence-electron chi connectivity index (χ0n) is 25.5. The van der Waals surface area contributed by atoms with E-state index >= 15 is 0 Å². The number of amides is 3. The van der Waals surface area contributed by atoms with Crippen LogP contribution in [0, 0.1) is 6.92 Å². The fraction of sp³-hybridized carbons (Fsp3) is 0.314. The number of carbonyl (C=O) groups is 3. The molecule has 2 fully saturated rings. The summed E-state index contributed by atoms with van der Waals surface area (Å²) < 4.78 is 5.60. The molecule has 0 radical (unpaired) electrons. The molecule has 2 N–H and O–H groups in total. The van der Waals surface area contributed by atoms with Crippen LogP contribution in [-0.2, 0) is 4.79 Å². The van der Waals surface area contributed by atoms with Gasteiger partial charge in [0, 0.05) is 69.0 Å². The van der Waals surface area contributed by atoms with Crippen molar-refractivity contribution in [3.05, 3.63) is 95.9 Å². The Bertz CT molecular complexity index is 1660. The number of nitrogens with one attached hydrogen (secondary N) is 2. The Labute approximate surface area is 263 Å². The van der Waals surface area contributed by atoms with E-state index in [-0.39, 0.29) is 17.5 Å². The lowest BCUT2D eigenvalue weighted by Crippen LogP contribution is -2.47. The SMILES string of the molecule is Cc1ccccc1N1CCN(c2ccc(C(=O)NCCCN3CCCC3=O)cc2NC(=O)c2coc(-c3ccccc3)n2)CC1. The van der Waals surface area contributed by atoms with E-state index < -0.39 is 5.91 Å². The Morgan fingerprint density at radius 1 is 0.867 bits per heavy atom. The lowest BCUT2D eigenvalue weighted by atomic mass is 10.1. The van der Waals surface area contributed by atoms with Crippen LogP contribution >= 0.6 is 0 Å². The number of rotatable bonds is 10. The van der Waals surface area contributed by atoms with Crippen LogP contribution in [0.15, 0.2) is 83.5 Å². The van der Waals surface area contributed by atoms with Gasteiger partial charge in [0.1, 0.15) is 6.26 Å². The van der Waals surface area contributed by atoms with Crippen LogP contribution in [0.3, 0.4) is 0 Å². The number of carbonyl (C=O) groups excluding carboxylic acids is 3. The fourth-order valence-electron chi connectivity index (χ4n) is 5.95. The van der Waals surface area contributed by atoms with Gasteiger partial charge in [-0.15, -0.1) is 0 Å². The monoisotopic (exact) mass is 606 g/mol. The van der Waals surface area contributed by atoms with Crippen LogP contribution in [-0.4, -0.2) is 73.4 Å². The van der Waals surface area contributed by atoms with Gasteiger partial charge in [-0.2, -0.15) is 0 Å². The average Bonchev–Trinajstić information content (AvgIpc) is 3.73. The highest BCUT2D eigenvalue weighted by atomic mass is 16.3. The molecule has 0 atom stereocenters. The largest absolute Gasteiger partial charge is 0.444 e. The number of hydrogen-bond acceptors (Lipinski definition) is 7. The molecule has 2 aliphatic rings. The summed E-state index contributed by atoms with van der Waals surface area (Å²) >= 11 is 0. The topological polar surface area (TPSA) is 111 Å². The van der Waals surface area contributed by atoms with Crippen LogP contribution in [0.1, 0.15) is 45.7 Å². The molecule has 10 nitrogen and oxygen atoms in total. The number of para-hydroxylation sites is 1. The molecule has 2 aliphatic heterocycles. The molecule has 0 spiro atoms. The normalized spacial score (nSPS) is 15.0. The number of likely N-dealkylation sites (tertiary alicyclic amines) is 1. The second kappa shape index (κ2) is 13.7. The van der Waals surface area contributed by atoms with Crippen LogP contribution in [0.25, 0.3) is 11.5 Å². The molecule has 0 unspecified atom stereocenters. The van der Waals surface area contributed by atoms with Crippen molar-refractivity contribution in [3.8, 4) is 11.5 Å². The van der Waals surface area contributed by atoms with Gasteiger partial charge in [-0.05, 0) is 61.7 Å². The number of piperazine rings is 1. The van der Waals surface area contributed by atoms with Crippen LogP contribution in [0.4, 0.5) is 17.1 Å². The molecule has 45 heavy (non-hydrogen) atoms. The van der Waals surface area contributed by atoms with E-state index in [1.54, 1.807) is 12.1 Å². The number of aromatic nitrogens is 1. The third-order valence-electron chi connectivity index (χ3n) is 8.40. The number of anilines is 3. The molecular weight excluding hydrogens is 568 g/mol. The van der Waals surface area contributed by atoms with E-state index in [2.05, 4.69) is 50.5 Å². The third-order valence-corrected chi connectivity index (χ3v) is 8.40. The molecular formula is C35H38N6O4. The predicted octanol–water partition coefficient (Wildman–Crippen LogP) is 4.97. The lowest BCUT2D eigenvalue weighted by Gasteiger charge is -2.38. The summed E-state index contributed by atoms with van der Waals surface area (Å²) in [4.78, 5) is 49.3. The van der Waals surface area contributed by atoms with Crippen molar-refractivity contribution in [2.45, 2.75) is 26.2 Å².